The predicted molar refractivity (Wildman–Crippen MR) is 78.3 cm³/mol. The lowest BCUT2D eigenvalue weighted by molar-refractivity contribution is 0.297. The van der Waals surface area contributed by atoms with Gasteiger partial charge in [-0.1, -0.05) is 0 Å². The summed E-state index contributed by atoms with van der Waals surface area (Å²) < 4.78 is 11.3. The molecule has 4 heteroatoms. The van der Waals surface area contributed by atoms with E-state index in [0.717, 1.165) is 49.9 Å². The Morgan fingerprint density at radius 2 is 1.79 bits per heavy atom. The monoisotopic (exact) mass is 264 g/mol. The van der Waals surface area contributed by atoms with Gasteiger partial charge in [0, 0.05) is 36.8 Å². The molecule has 1 aromatic rings. The standard InChI is InChI=1S/C15H24N2O2/c1-15(2,3)17-8-7-16-12-5-6-13-14(11-12)19-10-4-9-18-13/h5-6,11,16-17H,4,7-10H2,1-3H3. The molecular formula is C15H24N2O2. The van der Waals surface area contributed by atoms with Crippen LogP contribution in [0.15, 0.2) is 18.2 Å². The number of fused-ring (bicyclic) bond motifs is 1. The second kappa shape index (κ2) is 6.15. The van der Waals surface area contributed by atoms with Crippen molar-refractivity contribution >= 4 is 5.69 Å². The lowest BCUT2D eigenvalue weighted by Gasteiger charge is -2.20. The van der Waals surface area contributed by atoms with E-state index in [1.807, 2.05) is 18.2 Å². The summed E-state index contributed by atoms with van der Waals surface area (Å²) in [6.07, 6.45) is 0.937. The van der Waals surface area contributed by atoms with E-state index in [-0.39, 0.29) is 5.54 Å². The van der Waals surface area contributed by atoms with Crippen LogP contribution in [0.1, 0.15) is 27.2 Å². The molecule has 0 radical (unpaired) electrons. The third-order valence-corrected chi connectivity index (χ3v) is 2.86. The summed E-state index contributed by atoms with van der Waals surface area (Å²) in [5.74, 6) is 1.68. The maximum atomic E-state index is 5.67. The summed E-state index contributed by atoms with van der Waals surface area (Å²) in [7, 11) is 0. The minimum absolute atomic E-state index is 0.159. The first-order chi connectivity index (χ1) is 9.04. The van der Waals surface area contributed by atoms with Gasteiger partial charge in [0.05, 0.1) is 13.2 Å². The molecule has 0 unspecified atom stereocenters. The lowest BCUT2D eigenvalue weighted by Crippen LogP contribution is -2.38. The van der Waals surface area contributed by atoms with E-state index in [0.29, 0.717) is 0 Å². The molecule has 1 aliphatic heterocycles. The average molecular weight is 264 g/mol. The van der Waals surface area contributed by atoms with E-state index in [9.17, 15) is 0 Å². The van der Waals surface area contributed by atoms with Gasteiger partial charge in [-0.2, -0.15) is 0 Å². The number of benzene rings is 1. The van der Waals surface area contributed by atoms with E-state index in [1.54, 1.807) is 0 Å². The number of rotatable bonds is 4. The maximum Gasteiger partial charge on any atom is 0.163 e. The van der Waals surface area contributed by atoms with Crippen LogP contribution in [-0.4, -0.2) is 31.8 Å². The summed E-state index contributed by atoms with van der Waals surface area (Å²) in [5.41, 5.74) is 1.23. The molecule has 1 aliphatic rings. The molecule has 0 spiro atoms. The van der Waals surface area contributed by atoms with E-state index in [4.69, 9.17) is 9.47 Å². The van der Waals surface area contributed by atoms with Crippen LogP contribution in [0.3, 0.4) is 0 Å². The Hall–Kier alpha value is -1.42. The van der Waals surface area contributed by atoms with Crippen LogP contribution < -0.4 is 20.1 Å². The molecule has 106 valence electrons. The molecule has 0 saturated heterocycles. The highest BCUT2D eigenvalue weighted by Gasteiger charge is 2.11. The summed E-state index contributed by atoms with van der Waals surface area (Å²) >= 11 is 0. The zero-order valence-electron chi connectivity index (χ0n) is 12.1. The van der Waals surface area contributed by atoms with Gasteiger partial charge >= 0.3 is 0 Å². The first-order valence-electron chi connectivity index (χ1n) is 6.93. The van der Waals surface area contributed by atoms with Crippen molar-refractivity contribution in [3.8, 4) is 11.5 Å². The second-order valence-corrected chi connectivity index (χ2v) is 5.82. The number of ether oxygens (including phenoxy) is 2. The highest BCUT2D eigenvalue weighted by molar-refractivity contribution is 5.54. The van der Waals surface area contributed by atoms with Crippen molar-refractivity contribution in [2.24, 2.45) is 0 Å². The van der Waals surface area contributed by atoms with E-state index in [2.05, 4.69) is 31.4 Å². The number of hydrogen-bond acceptors (Lipinski definition) is 4. The van der Waals surface area contributed by atoms with Crippen LogP contribution in [0.5, 0.6) is 11.5 Å². The van der Waals surface area contributed by atoms with Gasteiger partial charge in [-0.15, -0.1) is 0 Å². The van der Waals surface area contributed by atoms with Gasteiger partial charge in [0.1, 0.15) is 0 Å². The molecular weight excluding hydrogens is 240 g/mol. The molecule has 19 heavy (non-hydrogen) atoms. The first kappa shape index (κ1) is 14.0. The number of nitrogens with one attached hydrogen (secondary N) is 2. The van der Waals surface area contributed by atoms with Crippen molar-refractivity contribution in [3.63, 3.8) is 0 Å². The smallest absolute Gasteiger partial charge is 0.163 e. The summed E-state index contributed by atoms with van der Waals surface area (Å²) in [6, 6.07) is 6.02. The minimum atomic E-state index is 0.159. The van der Waals surface area contributed by atoms with Crippen molar-refractivity contribution in [3.05, 3.63) is 18.2 Å². The maximum absolute atomic E-state index is 5.67. The molecule has 0 fully saturated rings. The van der Waals surface area contributed by atoms with Crippen LogP contribution in [0.4, 0.5) is 5.69 Å². The zero-order chi connectivity index (χ0) is 13.7. The molecule has 0 atom stereocenters. The van der Waals surface area contributed by atoms with Crippen molar-refractivity contribution in [1.82, 2.24) is 5.32 Å². The van der Waals surface area contributed by atoms with Crippen LogP contribution in [0, 0.1) is 0 Å². The first-order valence-corrected chi connectivity index (χ1v) is 6.93. The Morgan fingerprint density at radius 3 is 2.53 bits per heavy atom. The fourth-order valence-electron chi connectivity index (χ4n) is 1.92. The minimum Gasteiger partial charge on any atom is -0.490 e. The quantitative estimate of drug-likeness (QED) is 0.820. The van der Waals surface area contributed by atoms with Gasteiger partial charge in [-0.05, 0) is 32.9 Å². The largest absolute Gasteiger partial charge is 0.490 e. The van der Waals surface area contributed by atoms with E-state index < -0.39 is 0 Å². The highest BCUT2D eigenvalue weighted by Crippen LogP contribution is 2.32. The summed E-state index contributed by atoms with van der Waals surface area (Å²) in [6.45, 7) is 9.77. The van der Waals surface area contributed by atoms with Crippen molar-refractivity contribution < 1.29 is 9.47 Å². The van der Waals surface area contributed by atoms with Crippen molar-refractivity contribution in [1.29, 1.82) is 0 Å². The van der Waals surface area contributed by atoms with E-state index >= 15 is 0 Å². The molecule has 0 bridgehead atoms. The van der Waals surface area contributed by atoms with Gasteiger partial charge in [-0.3, -0.25) is 0 Å². The number of anilines is 1. The molecule has 1 aromatic carbocycles. The summed E-state index contributed by atoms with van der Waals surface area (Å²) in [5, 5.41) is 6.84. The Bertz CT molecular complexity index is 413. The Labute approximate surface area is 115 Å². The SMILES string of the molecule is CC(C)(C)NCCNc1ccc2c(c1)OCCCO2. The second-order valence-electron chi connectivity index (χ2n) is 5.82. The molecule has 0 aliphatic carbocycles. The zero-order valence-corrected chi connectivity index (χ0v) is 12.1. The van der Waals surface area contributed by atoms with Crippen LogP contribution in [-0.2, 0) is 0 Å². The predicted octanol–water partition coefficient (Wildman–Crippen LogP) is 2.65. The molecule has 0 saturated carbocycles. The van der Waals surface area contributed by atoms with Crippen LogP contribution in [0.25, 0.3) is 0 Å². The Kier molecular flexibility index (Phi) is 4.53. The van der Waals surface area contributed by atoms with Crippen LogP contribution >= 0.6 is 0 Å². The molecule has 4 nitrogen and oxygen atoms in total. The van der Waals surface area contributed by atoms with Crippen molar-refractivity contribution in [2.75, 3.05) is 31.6 Å². The van der Waals surface area contributed by atoms with Crippen molar-refractivity contribution in [2.45, 2.75) is 32.7 Å². The van der Waals surface area contributed by atoms with Gasteiger partial charge in [0.2, 0.25) is 0 Å². The topological polar surface area (TPSA) is 42.5 Å². The third kappa shape index (κ3) is 4.63. The fourth-order valence-corrected chi connectivity index (χ4v) is 1.92. The molecule has 2 N–H and O–H groups in total. The summed E-state index contributed by atoms with van der Waals surface area (Å²) in [4.78, 5) is 0. The van der Waals surface area contributed by atoms with E-state index in [1.165, 1.54) is 0 Å². The van der Waals surface area contributed by atoms with Gasteiger partial charge in [0.15, 0.2) is 11.5 Å². The number of hydrogen-bond donors (Lipinski definition) is 2. The molecule has 0 amide bonds. The van der Waals surface area contributed by atoms with Crippen LogP contribution in [0.2, 0.25) is 0 Å². The Morgan fingerprint density at radius 1 is 1.05 bits per heavy atom. The average Bonchev–Trinajstić information content (AvgIpc) is 2.58. The lowest BCUT2D eigenvalue weighted by atomic mass is 10.1. The van der Waals surface area contributed by atoms with Gasteiger partial charge in [-0.25, -0.2) is 0 Å². The highest BCUT2D eigenvalue weighted by atomic mass is 16.5. The molecule has 0 aromatic heterocycles. The fraction of sp³-hybridized carbons (Fsp3) is 0.600. The van der Waals surface area contributed by atoms with Gasteiger partial charge in [0.25, 0.3) is 0 Å². The normalized spacial score (nSPS) is 14.9. The molecule has 1 heterocycles. The third-order valence-electron chi connectivity index (χ3n) is 2.86. The molecule has 2 rings (SSSR count). The van der Waals surface area contributed by atoms with Gasteiger partial charge < -0.3 is 20.1 Å². The Balaban J connectivity index is 1.86.